The lowest BCUT2D eigenvalue weighted by molar-refractivity contribution is 0.102. The first-order valence-corrected chi connectivity index (χ1v) is 7.88. The molecule has 0 fully saturated rings. The smallest absolute Gasteiger partial charge is 0.119 e. The second-order valence-electron chi connectivity index (χ2n) is 5.57. The molecule has 0 amide bonds. The summed E-state index contributed by atoms with van der Waals surface area (Å²) in [7, 11) is 0. The molecule has 0 aliphatic heterocycles. The van der Waals surface area contributed by atoms with Gasteiger partial charge in [0.2, 0.25) is 0 Å². The van der Waals surface area contributed by atoms with Crippen LogP contribution in [0.2, 0.25) is 0 Å². The molecule has 0 aliphatic carbocycles. The largest absolute Gasteiger partial charge is 0.491 e. The van der Waals surface area contributed by atoms with E-state index in [4.69, 9.17) is 4.74 Å². The second-order valence-corrected chi connectivity index (χ2v) is 5.57. The van der Waals surface area contributed by atoms with Crippen molar-refractivity contribution in [1.82, 2.24) is 10.2 Å². The van der Waals surface area contributed by atoms with Crippen LogP contribution in [0.4, 0.5) is 0 Å². The molecule has 2 unspecified atom stereocenters. The van der Waals surface area contributed by atoms with Gasteiger partial charge in [-0.25, -0.2) is 0 Å². The molecule has 0 spiro atoms. The Morgan fingerprint density at radius 3 is 2.38 bits per heavy atom. The van der Waals surface area contributed by atoms with Crippen molar-refractivity contribution in [2.45, 2.75) is 39.8 Å². The average Bonchev–Trinajstić information content (AvgIpc) is 2.50. The topological polar surface area (TPSA) is 44.7 Å². The fourth-order valence-electron chi connectivity index (χ4n) is 2.16. The summed E-state index contributed by atoms with van der Waals surface area (Å²) in [6.45, 7) is 12.5. The van der Waals surface area contributed by atoms with Crippen LogP contribution in [0.5, 0.6) is 5.75 Å². The third kappa shape index (κ3) is 7.46. The summed E-state index contributed by atoms with van der Waals surface area (Å²) < 4.78 is 5.58. The van der Waals surface area contributed by atoms with Crippen molar-refractivity contribution in [3.05, 3.63) is 29.8 Å². The number of likely N-dealkylation sites (N-methyl/N-ethyl adjacent to an activating group) is 1. The third-order valence-electron chi connectivity index (χ3n) is 3.59. The summed E-state index contributed by atoms with van der Waals surface area (Å²) >= 11 is 0. The highest BCUT2D eigenvalue weighted by molar-refractivity contribution is 5.26. The van der Waals surface area contributed by atoms with Crippen LogP contribution < -0.4 is 10.1 Å². The average molecular weight is 294 g/mol. The Hall–Kier alpha value is -1.10. The van der Waals surface area contributed by atoms with Gasteiger partial charge in [0.05, 0.1) is 0 Å². The van der Waals surface area contributed by atoms with Gasteiger partial charge in [-0.3, -0.25) is 0 Å². The van der Waals surface area contributed by atoms with Gasteiger partial charge in [0, 0.05) is 19.1 Å². The molecular formula is C17H30N2O2. The molecule has 0 aromatic heterocycles. The highest BCUT2D eigenvalue weighted by Gasteiger charge is 2.10. The van der Waals surface area contributed by atoms with Crippen LogP contribution >= 0.6 is 0 Å². The van der Waals surface area contributed by atoms with Crippen LogP contribution in [0.25, 0.3) is 0 Å². The van der Waals surface area contributed by atoms with E-state index in [1.165, 1.54) is 5.56 Å². The number of aryl methyl sites for hydroxylation is 1. The molecule has 0 heterocycles. The number of benzene rings is 1. The van der Waals surface area contributed by atoms with Gasteiger partial charge in [0.15, 0.2) is 0 Å². The molecule has 0 aliphatic rings. The van der Waals surface area contributed by atoms with Crippen molar-refractivity contribution in [3.8, 4) is 5.75 Å². The SMILES string of the molecule is CCN(CC)CC(C)NCC(O)COc1ccc(C)cc1. The number of ether oxygens (including phenoxy) is 1. The zero-order chi connectivity index (χ0) is 15.7. The molecule has 1 aromatic carbocycles. The number of aliphatic hydroxyl groups excluding tert-OH is 1. The molecular weight excluding hydrogens is 264 g/mol. The first kappa shape index (κ1) is 18.0. The Labute approximate surface area is 129 Å². The van der Waals surface area contributed by atoms with Gasteiger partial charge in [-0.15, -0.1) is 0 Å². The first-order valence-electron chi connectivity index (χ1n) is 7.88. The number of hydrogen-bond acceptors (Lipinski definition) is 4. The molecule has 2 N–H and O–H groups in total. The zero-order valence-corrected chi connectivity index (χ0v) is 13.8. The molecule has 4 heteroatoms. The number of aliphatic hydroxyl groups is 1. The van der Waals surface area contributed by atoms with E-state index in [1.54, 1.807) is 0 Å². The number of nitrogens with one attached hydrogen (secondary N) is 1. The molecule has 1 aromatic rings. The lowest BCUT2D eigenvalue weighted by Crippen LogP contribution is -2.43. The van der Waals surface area contributed by atoms with E-state index in [0.29, 0.717) is 19.2 Å². The van der Waals surface area contributed by atoms with Crippen molar-refractivity contribution < 1.29 is 9.84 Å². The summed E-state index contributed by atoms with van der Waals surface area (Å²) in [5, 5.41) is 13.3. The van der Waals surface area contributed by atoms with Gasteiger partial charge < -0.3 is 20.1 Å². The van der Waals surface area contributed by atoms with Crippen LogP contribution in [-0.2, 0) is 0 Å². The van der Waals surface area contributed by atoms with E-state index in [1.807, 2.05) is 31.2 Å². The van der Waals surface area contributed by atoms with E-state index in [9.17, 15) is 5.11 Å². The number of rotatable bonds is 10. The fraction of sp³-hybridized carbons (Fsp3) is 0.647. The predicted molar refractivity (Wildman–Crippen MR) is 87.9 cm³/mol. The lowest BCUT2D eigenvalue weighted by Gasteiger charge is -2.24. The highest BCUT2D eigenvalue weighted by atomic mass is 16.5. The van der Waals surface area contributed by atoms with Crippen molar-refractivity contribution >= 4 is 0 Å². The fourth-order valence-corrected chi connectivity index (χ4v) is 2.16. The minimum Gasteiger partial charge on any atom is -0.491 e. The summed E-state index contributed by atoms with van der Waals surface area (Å²) in [4.78, 5) is 2.37. The minimum atomic E-state index is -0.495. The van der Waals surface area contributed by atoms with Crippen LogP contribution in [-0.4, -0.2) is 54.9 Å². The van der Waals surface area contributed by atoms with Crippen molar-refractivity contribution in [2.75, 3.05) is 32.8 Å². The molecule has 0 bridgehead atoms. The Kier molecular flexibility index (Phi) is 8.35. The van der Waals surface area contributed by atoms with E-state index >= 15 is 0 Å². The zero-order valence-electron chi connectivity index (χ0n) is 13.8. The molecule has 1 rings (SSSR count). The Bertz CT molecular complexity index is 377. The van der Waals surface area contributed by atoms with Crippen LogP contribution in [0.3, 0.4) is 0 Å². The maximum absolute atomic E-state index is 9.96. The van der Waals surface area contributed by atoms with Crippen molar-refractivity contribution in [2.24, 2.45) is 0 Å². The standard InChI is InChI=1S/C17H30N2O2/c1-5-19(6-2)12-15(4)18-11-16(20)13-21-17-9-7-14(3)8-10-17/h7-10,15-16,18,20H,5-6,11-13H2,1-4H3. The monoisotopic (exact) mass is 294 g/mol. The van der Waals surface area contributed by atoms with Gasteiger partial charge in [-0.2, -0.15) is 0 Å². The van der Waals surface area contributed by atoms with E-state index in [2.05, 4.69) is 31.0 Å². The molecule has 21 heavy (non-hydrogen) atoms. The first-order chi connectivity index (χ1) is 10.0. The Morgan fingerprint density at radius 1 is 1.19 bits per heavy atom. The summed E-state index contributed by atoms with van der Waals surface area (Å²) in [5.41, 5.74) is 1.20. The highest BCUT2D eigenvalue weighted by Crippen LogP contribution is 2.11. The molecule has 2 atom stereocenters. The summed E-state index contributed by atoms with van der Waals surface area (Å²) in [6.07, 6.45) is -0.495. The molecule has 120 valence electrons. The molecule has 0 saturated heterocycles. The van der Waals surface area contributed by atoms with Crippen LogP contribution in [0, 0.1) is 6.92 Å². The van der Waals surface area contributed by atoms with Crippen molar-refractivity contribution in [3.63, 3.8) is 0 Å². The normalized spacial score (nSPS) is 14.2. The van der Waals surface area contributed by atoms with Gasteiger partial charge in [-0.05, 0) is 39.1 Å². The maximum Gasteiger partial charge on any atom is 0.119 e. The van der Waals surface area contributed by atoms with Gasteiger partial charge in [0.1, 0.15) is 18.5 Å². The van der Waals surface area contributed by atoms with E-state index in [-0.39, 0.29) is 0 Å². The van der Waals surface area contributed by atoms with Gasteiger partial charge >= 0.3 is 0 Å². The van der Waals surface area contributed by atoms with Crippen LogP contribution in [0.15, 0.2) is 24.3 Å². The Morgan fingerprint density at radius 2 is 1.81 bits per heavy atom. The van der Waals surface area contributed by atoms with Crippen LogP contribution in [0.1, 0.15) is 26.3 Å². The predicted octanol–water partition coefficient (Wildman–Crippen LogP) is 2.05. The second kappa shape index (κ2) is 9.77. The summed E-state index contributed by atoms with van der Waals surface area (Å²) in [6, 6.07) is 8.23. The van der Waals surface area contributed by atoms with E-state index < -0.39 is 6.10 Å². The lowest BCUT2D eigenvalue weighted by atomic mass is 10.2. The minimum absolute atomic E-state index is 0.314. The number of nitrogens with zero attached hydrogens (tertiary/aromatic N) is 1. The molecule has 4 nitrogen and oxygen atoms in total. The molecule has 0 radical (unpaired) electrons. The van der Waals surface area contributed by atoms with Gasteiger partial charge in [0.25, 0.3) is 0 Å². The van der Waals surface area contributed by atoms with Gasteiger partial charge in [-0.1, -0.05) is 31.5 Å². The summed E-state index contributed by atoms with van der Waals surface area (Å²) in [5.74, 6) is 0.802. The number of hydrogen-bond donors (Lipinski definition) is 2. The maximum atomic E-state index is 9.96. The van der Waals surface area contributed by atoms with E-state index in [0.717, 1.165) is 25.4 Å². The quantitative estimate of drug-likeness (QED) is 0.693. The Balaban J connectivity index is 2.21. The molecule has 0 saturated carbocycles. The third-order valence-corrected chi connectivity index (χ3v) is 3.59. The van der Waals surface area contributed by atoms with Crippen molar-refractivity contribution in [1.29, 1.82) is 0 Å².